The summed E-state index contributed by atoms with van der Waals surface area (Å²) in [6.45, 7) is 7.19. The number of hydrogen-bond acceptors (Lipinski definition) is 7. The molecule has 198 valence electrons. The second-order valence-electron chi connectivity index (χ2n) is 10.6. The number of aromatic nitrogens is 2. The number of ether oxygens (including phenoxy) is 2. The van der Waals surface area contributed by atoms with Crippen LogP contribution in [-0.4, -0.2) is 55.9 Å². The standard InChI is InChI=1S/C28H34N2O7/c1-17-15-30(26(34)29-23(17)33)24-22(32)21(31)20(37-24)16-36-25(27(2,3)4)28(35,18-11-7-5-8-12-18)19-13-9-6-10-14-19/h5-15,20-22,24-25,31-32,35H,16H2,1-4H3,(H,29,33,34)/t20-,21?,22?,24-,25?/m0/s1. The second-order valence-corrected chi connectivity index (χ2v) is 10.6. The lowest BCUT2D eigenvalue weighted by Crippen LogP contribution is -2.51. The molecule has 4 rings (SSSR count). The lowest BCUT2D eigenvalue weighted by Gasteiger charge is -2.44. The van der Waals surface area contributed by atoms with E-state index >= 15 is 0 Å². The van der Waals surface area contributed by atoms with Gasteiger partial charge in [0.1, 0.15) is 23.9 Å². The Balaban J connectivity index is 1.65. The van der Waals surface area contributed by atoms with Gasteiger partial charge in [0, 0.05) is 11.8 Å². The molecule has 1 fully saturated rings. The summed E-state index contributed by atoms with van der Waals surface area (Å²) >= 11 is 0. The lowest BCUT2D eigenvalue weighted by atomic mass is 9.71. The van der Waals surface area contributed by atoms with E-state index in [1.54, 1.807) is 0 Å². The summed E-state index contributed by atoms with van der Waals surface area (Å²) in [6, 6.07) is 18.5. The molecule has 0 bridgehead atoms. The molecule has 0 saturated carbocycles. The van der Waals surface area contributed by atoms with Crippen molar-refractivity contribution in [3.05, 3.63) is 104 Å². The molecule has 1 aliphatic rings. The van der Waals surface area contributed by atoms with Crippen LogP contribution in [0.15, 0.2) is 76.4 Å². The van der Waals surface area contributed by atoms with Gasteiger partial charge in [-0.3, -0.25) is 14.3 Å². The average Bonchev–Trinajstić information content (AvgIpc) is 3.15. The number of hydrogen-bond donors (Lipinski definition) is 4. The number of aromatic amines is 1. The highest BCUT2D eigenvalue weighted by Gasteiger charge is 2.49. The van der Waals surface area contributed by atoms with Gasteiger partial charge in [-0.1, -0.05) is 81.4 Å². The van der Waals surface area contributed by atoms with Crippen molar-refractivity contribution in [1.29, 1.82) is 0 Å². The maximum atomic E-state index is 12.4. The highest BCUT2D eigenvalue weighted by Crippen LogP contribution is 2.43. The summed E-state index contributed by atoms with van der Waals surface area (Å²) in [5, 5.41) is 33.7. The number of benzene rings is 2. The number of nitrogens with zero attached hydrogens (tertiary/aromatic N) is 1. The normalized spacial score (nSPS) is 23.2. The largest absolute Gasteiger partial charge is 0.387 e. The zero-order valence-electron chi connectivity index (χ0n) is 21.4. The van der Waals surface area contributed by atoms with Gasteiger partial charge in [-0.2, -0.15) is 0 Å². The summed E-state index contributed by atoms with van der Waals surface area (Å²) in [7, 11) is 0. The van der Waals surface area contributed by atoms with E-state index < -0.39 is 52.9 Å². The van der Waals surface area contributed by atoms with Gasteiger partial charge < -0.3 is 24.8 Å². The van der Waals surface area contributed by atoms with Crippen LogP contribution in [0.4, 0.5) is 0 Å². The van der Waals surface area contributed by atoms with Crippen molar-refractivity contribution >= 4 is 0 Å². The van der Waals surface area contributed by atoms with E-state index in [1.807, 2.05) is 81.4 Å². The number of aliphatic hydroxyl groups excluding tert-OH is 2. The van der Waals surface area contributed by atoms with E-state index in [0.717, 1.165) is 4.57 Å². The van der Waals surface area contributed by atoms with Crippen LogP contribution < -0.4 is 11.2 Å². The SMILES string of the molecule is Cc1cn([C@H]2O[C@@H](COC(C(C)(C)C)C(O)(c3ccccc3)c3ccccc3)C(O)C2O)c(=O)[nH]c1=O. The average molecular weight is 511 g/mol. The molecule has 5 atom stereocenters. The van der Waals surface area contributed by atoms with Crippen LogP contribution in [0.5, 0.6) is 0 Å². The molecule has 37 heavy (non-hydrogen) atoms. The lowest BCUT2D eigenvalue weighted by molar-refractivity contribution is -0.164. The van der Waals surface area contributed by atoms with Crippen molar-refractivity contribution in [1.82, 2.24) is 9.55 Å². The third kappa shape index (κ3) is 5.18. The Labute approximate surface area is 215 Å². The van der Waals surface area contributed by atoms with Crippen LogP contribution in [-0.2, 0) is 15.1 Å². The topological polar surface area (TPSA) is 134 Å². The minimum atomic E-state index is -1.55. The molecule has 1 saturated heterocycles. The zero-order valence-corrected chi connectivity index (χ0v) is 21.4. The summed E-state index contributed by atoms with van der Waals surface area (Å²) < 4.78 is 13.3. The first-order chi connectivity index (χ1) is 17.4. The smallest absolute Gasteiger partial charge is 0.330 e. The summed E-state index contributed by atoms with van der Waals surface area (Å²) in [4.78, 5) is 26.3. The predicted molar refractivity (Wildman–Crippen MR) is 137 cm³/mol. The number of aryl methyl sites for hydroxylation is 1. The van der Waals surface area contributed by atoms with Crippen molar-refractivity contribution in [3.8, 4) is 0 Å². The van der Waals surface area contributed by atoms with Gasteiger partial charge >= 0.3 is 5.69 Å². The Morgan fingerprint density at radius 2 is 1.51 bits per heavy atom. The fourth-order valence-electron chi connectivity index (χ4n) is 4.91. The maximum Gasteiger partial charge on any atom is 0.330 e. The third-order valence-electron chi connectivity index (χ3n) is 6.78. The molecule has 2 heterocycles. The van der Waals surface area contributed by atoms with Crippen molar-refractivity contribution in [2.75, 3.05) is 6.61 Å². The van der Waals surface area contributed by atoms with Gasteiger partial charge in [-0.05, 0) is 23.5 Å². The van der Waals surface area contributed by atoms with E-state index in [-0.39, 0.29) is 12.2 Å². The number of H-pyrrole nitrogens is 1. The highest BCUT2D eigenvalue weighted by atomic mass is 16.6. The van der Waals surface area contributed by atoms with Crippen molar-refractivity contribution in [2.24, 2.45) is 5.41 Å². The molecule has 3 aromatic rings. The highest BCUT2D eigenvalue weighted by molar-refractivity contribution is 5.38. The first kappa shape index (κ1) is 27.0. The van der Waals surface area contributed by atoms with E-state index in [0.29, 0.717) is 11.1 Å². The molecule has 0 amide bonds. The Kier molecular flexibility index (Phi) is 7.55. The fourth-order valence-corrected chi connectivity index (χ4v) is 4.91. The minimum absolute atomic E-state index is 0.171. The van der Waals surface area contributed by atoms with Crippen LogP contribution >= 0.6 is 0 Å². The number of aliphatic hydroxyl groups is 3. The quantitative estimate of drug-likeness (QED) is 0.381. The Morgan fingerprint density at radius 1 is 0.973 bits per heavy atom. The van der Waals surface area contributed by atoms with Gasteiger partial charge in [0.05, 0.1) is 12.7 Å². The van der Waals surface area contributed by atoms with E-state index in [4.69, 9.17) is 9.47 Å². The van der Waals surface area contributed by atoms with Crippen LogP contribution in [0.2, 0.25) is 0 Å². The van der Waals surface area contributed by atoms with Crippen molar-refractivity contribution in [2.45, 2.75) is 63.9 Å². The van der Waals surface area contributed by atoms with Gasteiger partial charge in [0.15, 0.2) is 6.23 Å². The molecule has 9 heteroatoms. The maximum absolute atomic E-state index is 12.4. The summed E-state index contributed by atoms with van der Waals surface area (Å²) in [5.41, 5.74) is -1.88. The van der Waals surface area contributed by atoms with Gasteiger partial charge in [-0.25, -0.2) is 4.79 Å². The van der Waals surface area contributed by atoms with Gasteiger partial charge in [-0.15, -0.1) is 0 Å². The number of nitrogens with one attached hydrogen (secondary N) is 1. The zero-order chi connectivity index (χ0) is 27.0. The second kappa shape index (κ2) is 10.4. The molecular weight excluding hydrogens is 476 g/mol. The summed E-state index contributed by atoms with van der Waals surface area (Å²) in [5.74, 6) is 0. The van der Waals surface area contributed by atoms with Crippen LogP contribution in [0.1, 0.15) is 43.7 Å². The first-order valence-corrected chi connectivity index (χ1v) is 12.2. The van der Waals surface area contributed by atoms with Crippen molar-refractivity contribution in [3.63, 3.8) is 0 Å². The Hall–Kier alpha value is -3.08. The van der Waals surface area contributed by atoms with E-state index in [2.05, 4.69) is 4.98 Å². The molecule has 3 unspecified atom stereocenters. The molecule has 4 N–H and O–H groups in total. The van der Waals surface area contributed by atoms with Crippen LogP contribution in [0.3, 0.4) is 0 Å². The molecular formula is C28H34N2O7. The third-order valence-corrected chi connectivity index (χ3v) is 6.78. The van der Waals surface area contributed by atoms with Crippen molar-refractivity contribution < 1.29 is 24.8 Å². The van der Waals surface area contributed by atoms with E-state index in [9.17, 15) is 24.9 Å². The molecule has 0 spiro atoms. The predicted octanol–water partition coefficient (Wildman–Crippen LogP) is 1.83. The summed E-state index contributed by atoms with van der Waals surface area (Å²) in [6.07, 6.45) is -4.54. The minimum Gasteiger partial charge on any atom is -0.387 e. The molecule has 0 aliphatic carbocycles. The monoisotopic (exact) mass is 510 g/mol. The molecule has 9 nitrogen and oxygen atoms in total. The molecule has 1 aromatic heterocycles. The van der Waals surface area contributed by atoms with Gasteiger partial charge in [0.2, 0.25) is 0 Å². The number of rotatable bonds is 7. The first-order valence-electron chi connectivity index (χ1n) is 12.2. The van der Waals surface area contributed by atoms with E-state index in [1.165, 1.54) is 13.1 Å². The fraction of sp³-hybridized carbons (Fsp3) is 0.429. The van der Waals surface area contributed by atoms with Gasteiger partial charge in [0.25, 0.3) is 5.56 Å². The van der Waals surface area contributed by atoms with Crippen LogP contribution in [0, 0.1) is 12.3 Å². The molecule has 0 radical (unpaired) electrons. The molecule has 1 aliphatic heterocycles. The Morgan fingerprint density at radius 3 is 2.03 bits per heavy atom. The molecule has 2 aromatic carbocycles. The Bertz CT molecular complexity index is 1270. The van der Waals surface area contributed by atoms with Crippen LogP contribution in [0.25, 0.3) is 0 Å².